The topological polar surface area (TPSA) is 24.9 Å². The van der Waals surface area contributed by atoms with Crippen LogP contribution in [0.25, 0.3) is 0 Å². The zero-order valence-corrected chi connectivity index (χ0v) is 8.46. The van der Waals surface area contributed by atoms with Crippen LogP contribution in [-0.2, 0) is 0 Å². The Kier molecular flexibility index (Phi) is 4.47. The van der Waals surface area contributed by atoms with E-state index < -0.39 is 0 Å². The molecule has 0 aromatic carbocycles. The summed E-state index contributed by atoms with van der Waals surface area (Å²) in [6.07, 6.45) is 6.15. The fourth-order valence-electron chi connectivity index (χ4n) is 1.56. The zero-order valence-electron chi connectivity index (χ0n) is 8.46. The Bertz CT molecular complexity index is 221. The molecule has 0 spiro atoms. The van der Waals surface area contributed by atoms with Crippen molar-refractivity contribution in [1.29, 1.82) is 0 Å². The number of aromatic nitrogens is 1. The zero-order chi connectivity index (χ0) is 9.52. The van der Waals surface area contributed by atoms with Gasteiger partial charge in [-0.05, 0) is 50.0 Å². The standard InChI is InChI=1S/C11H18N2/c1-3-10(4-7-12-2)11-5-8-13-9-6-11/h5-6,8-10,12H,3-4,7H2,1-2H3. The van der Waals surface area contributed by atoms with Crippen molar-refractivity contribution in [3.8, 4) is 0 Å². The van der Waals surface area contributed by atoms with Gasteiger partial charge in [0.25, 0.3) is 0 Å². The molecular formula is C11H18N2. The third kappa shape index (κ3) is 3.15. The van der Waals surface area contributed by atoms with Crippen LogP contribution in [0.4, 0.5) is 0 Å². The first-order chi connectivity index (χ1) is 6.38. The van der Waals surface area contributed by atoms with Crippen molar-refractivity contribution in [2.75, 3.05) is 13.6 Å². The molecule has 1 unspecified atom stereocenters. The normalized spacial score (nSPS) is 12.8. The van der Waals surface area contributed by atoms with E-state index in [1.165, 1.54) is 18.4 Å². The van der Waals surface area contributed by atoms with Gasteiger partial charge in [-0.1, -0.05) is 6.92 Å². The number of hydrogen-bond donors (Lipinski definition) is 1. The van der Waals surface area contributed by atoms with Crippen molar-refractivity contribution in [3.05, 3.63) is 30.1 Å². The average molecular weight is 178 g/mol. The van der Waals surface area contributed by atoms with Crippen LogP contribution in [0.15, 0.2) is 24.5 Å². The Labute approximate surface area is 80.4 Å². The average Bonchev–Trinajstić information content (AvgIpc) is 2.21. The number of rotatable bonds is 5. The molecule has 0 radical (unpaired) electrons. The van der Waals surface area contributed by atoms with Crippen LogP contribution in [0.1, 0.15) is 31.2 Å². The summed E-state index contributed by atoms with van der Waals surface area (Å²) >= 11 is 0. The molecule has 2 heteroatoms. The number of hydrogen-bond acceptors (Lipinski definition) is 2. The third-order valence-electron chi connectivity index (χ3n) is 2.41. The largest absolute Gasteiger partial charge is 0.320 e. The minimum Gasteiger partial charge on any atom is -0.320 e. The molecule has 0 saturated carbocycles. The molecule has 1 aromatic heterocycles. The van der Waals surface area contributed by atoms with Crippen LogP contribution in [0.3, 0.4) is 0 Å². The lowest BCUT2D eigenvalue weighted by Crippen LogP contribution is -2.11. The summed E-state index contributed by atoms with van der Waals surface area (Å²) in [6.45, 7) is 3.32. The lowest BCUT2D eigenvalue weighted by atomic mass is 9.94. The molecule has 0 amide bonds. The van der Waals surface area contributed by atoms with Crippen LogP contribution < -0.4 is 5.32 Å². The molecule has 0 aliphatic rings. The maximum Gasteiger partial charge on any atom is 0.0270 e. The summed E-state index contributed by atoms with van der Waals surface area (Å²) in [7, 11) is 2.00. The summed E-state index contributed by atoms with van der Waals surface area (Å²) in [4.78, 5) is 4.03. The van der Waals surface area contributed by atoms with Crippen LogP contribution in [0, 0.1) is 0 Å². The quantitative estimate of drug-likeness (QED) is 0.747. The maximum atomic E-state index is 4.03. The maximum absolute atomic E-state index is 4.03. The van der Waals surface area contributed by atoms with Crippen LogP contribution in [0.5, 0.6) is 0 Å². The lowest BCUT2D eigenvalue weighted by Gasteiger charge is -2.14. The molecule has 0 saturated heterocycles. The number of pyridine rings is 1. The van der Waals surface area contributed by atoms with Gasteiger partial charge in [-0.15, -0.1) is 0 Å². The first-order valence-electron chi connectivity index (χ1n) is 4.93. The molecule has 2 nitrogen and oxygen atoms in total. The third-order valence-corrected chi connectivity index (χ3v) is 2.41. The van der Waals surface area contributed by atoms with Crippen molar-refractivity contribution >= 4 is 0 Å². The summed E-state index contributed by atoms with van der Waals surface area (Å²) < 4.78 is 0. The Hall–Kier alpha value is -0.890. The summed E-state index contributed by atoms with van der Waals surface area (Å²) in [6, 6.07) is 4.23. The second kappa shape index (κ2) is 5.70. The minimum absolute atomic E-state index is 0.676. The first kappa shape index (κ1) is 10.2. The molecule has 1 aromatic rings. The predicted octanol–water partition coefficient (Wildman–Crippen LogP) is 2.18. The smallest absolute Gasteiger partial charge is 0.0270 e. The molecule has 0 bridgehead atoms. The van der Waals surface area contributed by atoms with Crippen molar-refractivity contribution in [1.82, 2.24) is 10.3 Å². The molecular weight excluding hydrogens is 160 g/mol. The van der Waals surface area contributed by atoms with Gasteiger partial charge in [-0.3, -0.25) is 4.98 Å². The van der Waals surface area contributed by atoms with Gasteiger partial charge in [0.2, 0.25) is 0 Å². The molecule has 0 aliphatic carbocycles. The second-order valence-corrected chi connectivity index (χ2v) is 3.28. The SMILES string of the molecule is CCC(CCNC)c1ccncc1. The van der Waals surface area contributed by atoms with E-state index in [1.54, 1.807) is 0 Å². The molecule has 1 N–H and O–H groups in total. The molecule has 72 valence electrons. The van der Waals surface area contributed by atoms with E-state index in [4.69, 9.17) is 0 Å². The summed E-state index contributed by atoms with van der Waals surface area (Å²) in [5.74, 6) is 0.676. The van der Waals surface area contributed by atoms with Gasteiger partial charge < -0.3 is 5.32 Å². The fraction of sp³-hybridized carbons (Fsp3) is 0.545. The highest BCUT2D eigenvalue weighted by Gasteiger charge is 2.07. The minimum atomic E-state index is 0.676. The van der Waals surface area contributed by atoms with Gasteiger partial charge in [0.15, 0.2) is 0 Å². The molecule has 0 aliphatic heterocycles. The summed E-state index contributed by atoms with van der Waals surface area (Å²) in [5.41, 5.74) is 1.41. The Morgan fingerprint density at radius 2 is 2.08 bits per heavy atom. The van der Waals surface area contributed by atoms with E-state index in [0.717, 1.165) is 6.54 Å². The Balaban J connectivity index is 2.56. The number of nitrogens with zero attached hydrogens (tertiary/aromatic N) is 1. The highest BCUT2D eigenvalue weighted by atomic mass is 14.8. The monoisotopic (exact) mass is 178 g/mol. The molecule has 1 rings (SSSR count). The highest BCUT2D eigenvalue weighted by Crippen LogP contribution is 2.21. The van der Waals surface area contributed by atoms with Gasteiger partial charge in [0.1, 0.15) is 0 Å². The van der Waals surface area contributed by atoms with Gasteiger partial charge in [-0.25, -0.2) is 0 Å². The van der Waals surface area contributed by atoms with Crippen molar-refractivity contribution in [2.24, 2.45) is 0 Å². The highest BCUT2D eigenvalue weighted by molar-refractivity contribution is 5.15. The fourth-order valence-corrected chi connectivity index (χ4v) is 1.56. The molecule has 13 heavy (non-hydrogen) atoms. The summed E-state index contributed by atoms with van der Waals surface area (Å²) in [5, 5.41) is 3.19. The van der Waals surface area contributed by atoms with Gasteiger partial charge in [0.05, 0.1) is 0 Å². The van der Waals surface area contributed by atoms with Crippen LogP contribution >= 0.6 is 0 Å². The van der Waals surface area contributed by atoms with E-state index in [9.17, 15) is 0 Å². The van der Waals surface area contributed by atoms with Gasteiger partial charge in [-0.2, -0.15) is 0 Å². The van der Waals surface area contributed by atoms with Crippen LogP contribution in [-0.4, -0.2) is 18.6 Å². The van der Waals surface area contributed by atoms with E-state index >= 15 is 0 Å². The predicted molar refractivity (Wildman–Crippen MR) is 55.8 cm³/mol. The first-order valence-corrected chi connectivity index (χ1v) is 4.93. The Morgan fingerprint density at radius 1 is 1.38 bits per heavy atom. The molecule has 1 heterocycles. The van der Waals surface area contributed by atoms with Crippen molar-refractivity contribution in [2.45, 2.75) is 25.7 Å². The lowest BCUT2D eigenvalue weighted by molar-refractivity contribution is 0.580. The molecule has 0 fully saturated rings. The van der Waals surface area contributed by atoms with E-state index in [2.05, 4.69) is 29.4 Å². The van der Waals surface area contributed by atoms with Gasteiger partial charge in [0, 0.05) is 12.4 Å². The molecule has 1 atom stereocenters. The van der Waals surface area contributed by atoms with Crippen molar-refractivity contribution in [3.63, 3.8) is 0 Å². The Morgan fingerprint density at radius 3 is 2.62 bits per heavy atom. The second-order valence-electron chi connectivity index (χ2n) is 3.28. The van der Waals surface area contributed by atoms with Crippen molar-refractivity contribution < 1.29 is 0 Å². The van der Waals surface area contributed by atoms with E-state index in [0.29, 0.717) is 5.92 Å². The van der Waals surface area contributed by atoms with Crippen LogP contribution in [0.2, 0.25) is 0 Å². The van der Waals surface area contributed by atoms with Gasteiger partial charge >= 0.3 is 0 Å². The van der Waals surface area contributed by atoms with E-state index in [1.807, 2.05) is 19.4 Å². The number of nitrogens with one attached hydrogen (secondary N) is 1. The van der Waals surface area contributed by atoms with E-state index in [-0.39, 0.29) is 0 Å².